The molecule has 2 aromatic rings. The van der Waals surface area contributed by atoms with Gasteiger partial charge >= 0.3 is 11.9 Å². The minimum absolute atomic E-state index is 0.183. The van der Waals surface area contributed by atoms with E-state index in [1.807, 2.05) is 0 Å². The molecule has 1 N–H and O–H groups in total. The minimum Gasteiger partial charge on any atom is -0.463 e. The second-order valence-electron chi connectivity index (χ2n) is 6.64. The third kappa shape index (κ3) is 4.10. The summed E-state index contributed by atoms with van der Waals surface area (Å²) in [7, 11) is 0. The maximum atomic E-state index is 13.2. The molecule has 0 unspecified atom stereocenters. The standard InChI is InChI=1S/C21H23FN4O4/c1-5-29-20(27)17-12(3)23-13(4)18(21(28)30-6-2)19(17)16-11-26(25-24-16)15-9-7-14(22)8-10-15/h7-11,19,23H,5-6H2,1-4H3. The lowest BCUT2D eigenvalue weighted by molar-refractivity contribution is -0.139. The van der Waals surface area contributed by atoms with Gasteiger partial charge in [0.05, 0.1) is 47.9 Å². The largest absolute Gasteiger partial charge is 0.463 e. The average Bonchev–Trinajstić information content (AvgIpc) is 3.18. The summed E-state index contributed by atoms with van der Waals surface area (Å²) in [6.07, 6.45) is 1.60. The van der Waals surface area contributed by atoms with Crippen molar-refractivity contribution in [3.8, 4) is 5.69 Å². The Kier molecular flexibility index (Phi) is 6.29. The summed E-state index contributed by atoms with van der Waals surface area (Å²) >= 11 is 0. The number of rotatable bonds is 6. The number of nitrogens with zero attached hydrogens (tertiary/aromatic N) is 3. The van der Waals surface area contributed by atoms with E-state index >= 15 is 0 Å². The van der Waals surface area contributed by atoms with Crippen molar-refractivity contribution in [1.82, 2.24) is 20.3 Å². The number of carbonyl (C=O) groups is 2. The normalized spacial score (nSPS) is 14.6. The van der Waals surface area contributed by atoms with E-state index in [2.05, 4.69) is 15.6 Å². The van der Waals surface area contributed by atoms with Crippen molar-refractivity contribution in [2.24, 2.45) is 0 Å². The number of nitrogens with one attached hydrogen (secondary N) is 1. The van der Waals surface area contributed by atoms with Crippen LogP contribution < -0.4 is 5.32 Å². The lowest BCUT2D eigenvalue weighted by atomic mass is 9.83. The lowest BCUT2D eigenvalue weighted by Crippen LogP contribution is -2.32. The Hall–Kier alpha value is -3.49. The van der Waals surface area contributed by atoms with Gasteiger partial charge in [0, 0.05) is 11.4 Å². The van der Waals surface area contributed by atoms with Crippen LogP contribution in [-0.2, 0) is 19.1 Å². The third-order valence-electron chi connectivity index (χ3n) is 4.65. The smallest absolute Gasteiger partial charge is 0.336 e. The Morgan fingerprint density at radius 2 is 1.57 bits per heavy atom. The SMILES string of the molecule is CCOC(=O)C1=C(C)NC(C)=C(C(=O)OCC)C1c1cn(-c2ccc(F)cc2)nn1. The molecule has 158 valence electrons. The molecule has 0 amide bonds. The molecule has 9 heteroatoms. The second kappa shape index (κ2) is 8.89. The summed E-state index contributed by atoms with van der Waals surface area (Å²) in [4.78, 5) is 25.5. The summed E-state index contributed by atoms with van der Waals surface area (Å²) in [5, 5.41) is 11.4. The van der Waals surface area contributed by atoms with Gasteiger partial charge in [-0.05, 0) is 52.0 Å². The zero-order chi connectivity index (χ0) is 21.8. The molecule has 30 heavy (non-hydrogen) atoms. The van der Waals surface area contributed by atoms with E-state index < -0.39 is 17.9 Å². The van der Waals surface area contributed by atoms with Crippen molar-refractivity contribution in [1.29, 1.82) is 0 Å². The number of ether oxygens (including phenoxy) is 2. The molecule has 2 heterocycles. The van der Waals surface area contributed by atoms with Crippen molar-refractivity contribution < 1.29 is 23.5 Å². The first-order valence-electron chi connectivity index (χ1n) is 9.58. The molecular formula is C21H23FN4O4. The van der Waals surface area contributed by atoms with Gasteiger partial charge in [-0.2, -0.15) is 0 Å². The van der Waals surface area contributed by atoms with Crippen LogP contribution in [0.1, 0.15) is 39.3 Å². The van der Waals surface area contributed by atoms with Gasteiger partial charge in [-0.25, -0.2) is 18.7 Å². The van der Waals surface area contributed by atoms with Gasteiger partial charge in [0.25, 0.3) is 0 Å². The molecule has 1 aromatic carbocycles. The number of esters is 2. The van der Waals surface area contributed by atoms with Crippen LogP contribution >= 0.6 is 0 Å². The highest BCUT2D eigenvalue weighted by Gasteiger charge is 2.39. The van der Waals surface area contributed by atoms with Crippen LogP contribution in [0.2, 0.25) is 0 Å². The summed E-state index contributed by atoms with van der Waals surface area (Å²) in [6.45, 7) is 7.24. The molecule has 0 spiro atoms. The van der Waals surface area contributed by atoms with Crippen LogP contribution in [0, 0.1) is 5.82 Å². The fourth-order valence-electron chi connectivity index (χ4n) is 3.38. The van der Waals surface area contributed by atoms with Crippen molar-refractivity contribution in [3.05, 3.63) is 64.5 Å². The Bertz CT molecular complexity index is 984. The number of aromatic nitrogens is 3. The number of halogens is 1. The molecule has 0 fully saturated rings. The van der Waals surface area contributed by atoms with Crippen molar-refractivity contribution in [3.63, 3.8) is 0 Å². The first kappa shape index (κ1) is 21.2. The number of benzene rings is 1. The minimum atomic E-state index is -0.821. The first-order valence-corrected chi connectivity index (χ1v) is 9.58. The van der Waals surface area contributed by atoms with Gasteiger partial charge in [-0.1, -0.05) is 5.21 Å². The molecule has 0 saturated heterocycles. The number of hydrogen-bond donors (Lipinski definition) is 1. The molecule has 0 aliphatic carbocycles. The molecule has 1 aromatic heterocycles. The van der Waals surface area contributed by atoms with E-state index in [0.29, 0.717) is 22.8 Å². The van der Waals surface area contributed by atoms with Crippen molar-refractivity contribution in [2.45, 2.75) is 33.6 Å². The molecule has 0 atom stereocenters. The predicted octanol–water partition coefficient (Wildman–Crippen LogP) is 2.77. The summed E-state index contributed by atoms with van der Waals surface area (Å²) < 4.78 is 25.1. The number of allylic oxidation sites excluding steroid dienone is 2. The predicted molar refractivity (Wildman–Crippen MR) is 106 cm³/mol. The van der Waals surface area contributed by atoms with Crippen LogP contribution in [0.15, 0.2) is 53.0 Å². The van der Waals surface area contributed by atoms with Gasteiger partial charge in [0.1, 0.15) is 5.82 Å². The summed E-state index contributed by atoms with van der Waals surface area (Å²) in [5.41, 5.74) is 2.58. The molecule has 3 rings (SSSR count). The molecule has 8 nitrogen and oxygen atoms in total. The van der Waals surface area contributed by atoms with Crippen LogP contribution in [0.5, 0.6) is 0 Å². The lowest BCUT2D eigenvalue weighted by Gasteiger charge is -2.28. The third-order valence-corrected chi connectivity index (χ3v) is 4.65. The van der Waals surface area contributed by atoms with Crippen molar-refractivity contribution in [2.75, 3.05) is 13.2 Å². The van der Waals surface area contributed by atoms with E-state index in [9.17, 15) is 14.0 Å². The monoisotopic (exact) mass is 414 g/mol. The highest BCUT2D eigenvalue weighted by atomic mass is 19.1. The van der Waals surface area contributed by atoms with Crippen LogP contribution in [0.3, 0.4) is 0 Å². The van der Waals surface area contributed by atoms with Gasteiger partial charge in [-0.3, -0.25) is 0 Å². The van der Waals surface area contributed by atoms with E-state index in [-0.39, 0.29) is 30.2 Å². The van der Waals surface area contributed by atoms with E-state index in [1.54, 1.807) is 46.0 Å². The zero-order valence-electron chi connectivity index (χ0n) is 17.2. The topological polar surface area (TPSA) is 95.3 Å². The molecule has 0 radical (unpaired) electrons. The Labute approximate surface area is 173 Å². The quantitative estimate of drug-likeness (QED) is 0.726. The molecule has 0 bridgehead atoms. The number of carbonyl (C=O) groups excluding carboxylic acids is 2. The first-order chi connectivity index (χ1) is 14.4. The fraction of sp³-hybridized carbons (Fsp3) is 0.333. The average molecular weight is 414 g/mol. The Balaban J connectivity index is 2.11. The Morgan fingerprint density at radius 1 is 1.03 bits per heavy atom. The van der Waals surface area contributed by atoms with Gasteiger partial charge in [-0.15, -0.1) is 5.10 Å². The molecule has 0 saturated carbocycles. The van der Waals surface area contributed by atoms with E-state index in [0.717, 1.165) is 0 Å². The van der Waals surface area contributed by atoms with E-state index in [1.165, 1.54) is 16.8 Å². The summed E-state index contributed by atoms with van der Waals surface area (Å²) in [5.74, 6) is -2.31. The summed E-state index contributed by atoms with van der Waals surface area (Å²) in [6, 6.07) is 5.72. The molecular weight excluding hydrogens is 391 g/mol. The van der Waals surface area contributed by atoms with E-state index in [4.69, 9.17) is 9.47 Å². The van der Waals surface area contributed by atoms with Crippen molar-refractivity contribution >= 4 is 11.9 Å². The second-order valence-corrected chi connectivity index (χ2v) is 6.64. The van der Waals surface area contributed by atoms with Crippen LogP contribution in [0.25, 0.3) is 5.69 Å². The Morgan fingerprint density at radius 3 is 2.07 bits per heavy atom. The molecule has 1 aliphatic rings. The highest BCUT2D eigenvalue weighted by Crippen LogP contribution is 2.38. The maximum absolute atomic E-state index is 13.2. The van der Waals surface area contributed by atoms with Gasteiger partial charge in [0.15, 0.2) is 0 Å². The fourth-order valence-corrected chi connectivity index (χ4v) is 3.38. The zero-order valence-corrected chi connectivity index (χ0v) is 17.2. The van der Waals surface area contributed by atoms with Crippen LogP contribution in [0.4, 0.5) is 4.39 Å². The molecule has 1 aliphatic heterocycles. The number of hydrogen-bond acceptors (Lipinski definition) is 7. The van der Waals surface area contributed by atoms with Gasteiger partial charge in [0.2, 0.25) is 0 Å². The van der Waals surface area contributed by atoms with Gasteiger partial charge < -0.3 is 14.8 Å². The maximum Gasteiger partial charge on any atom is 0.336 e. The number of dihydropyridines is 1. The highest BCUT2D eigenvalue weighted by molar-refractivity contribution is 5.99. The van der Waals surface area contributed by atoms with Crippen LogP contribution in [-0.4, -0.2) is 40.1 Å².